The first-order chi connectivity index (χ1) is 14.3. The summed E-state index contributed by atoms with van der Waals surface area (Å²) in [5.74, 6) is -0.708. The predicted octanol–water partition coefficient (Wildman–Crippen LogP) is 5.26. The molecule has 2 aromatic carbocycles. The van der Waals surface area contributed by atoms with E-state index in [4.69, 9.17) is 23.2 Å². The number of fused-ring (bicyclic) bond motifs is 1. The molecule has 0 bridgehead atoms. The van der Waals surface area contributed by atoms with Crippen LogP contribution >= 0.6 is 35.0 Å². The number of hydrogen-bond donors (Lipinski definition) is 0. The van der Waals surface area contributed by atoms with Crippen molar-refractivity contribution in [1.82, 2.24) is 14.6 Å². The van der Waals surface area contributed by atoms with Gasteiger partial charge < -0.3 is 0 Å². The Hall–Kier alpha value is -3.01. The van der Waals surface area contributed by atoms with Gasteiger partial charge in [0.25, 0.3) is 11.2 Å². The molecular weight excluding hydrogens is 454 g/mol. The Labute approximate surface area is 182 Å². The quantitative estimate of drug-likeness (QED) is 0.303. The molecule has 11 heteroatoms. The molecule has 2 heterocycles. The first kappa shape index (κ1) is 20.3. The Morgan fingerprint density at radius 1 is 1.07 bits per heavy atom. The lowest BCUT2D eigenvalue weighted by Gasteiger charge is -2.10. The van der Waals surface area contributed by atoms with Crippen molar-refractivity contribution in [3.8, 4) is 11.1 Å². The molecule has 0 aliphatic heterocycles. The summed E-state index contributed by atoms with van der Waals surface area (Å²) in [4.78, 5) is 27.1. The molecule has 30 heavy (non-hydrogen) atoms. The molecule has 0 saturated heterocycles. The highest BCUT2D eigenvalue weighted by molar-refractivity contribution is 7.99. The Balaban J connectivity index is 1.84. The van der Waals surface area contributed by atoms with E-state index in [2.05, 4.69) is 10.1 Å². The fourth-order valence-electron chi connectivity index (χ4n) is 2.85. The molecule has 0 aliphatic carbocycles. The summed E-state index contributed by atoms with van der Waals surface area (Å²) in [6.45, 7) is 0. The molecule has 0 N–H and O–H groups in total. The van der Waals surface area contributed by atoms with Crippen molar-refractivity contribution in [2.45, 2.75) is 9.92 Å². The minimum Gasteiger partial charge on any atom is -0.267 e. The summed E-state index contributed by atoms with van der Waals surface area (Å²) in [5, 5.41) is 16.5. The summed E-state index contributed by atoms with van der Waals surface area (Å²) in [7, 11) is 0. The minimum absolute atomic E-state index is 0.185. The normalized spacial score (nSPS) is 11.0. The van der Waals surface area contributed by atoms with Crippen LogP contribution in [0.3, 0.4) is 0 Å². The van der Waals surface area contributed by atoms with Crippen molar-refractivity contribution in [3.63, 3.8) is 0 Å². The Kier molecular flexibility index (Phi) is 5.42. The van der Waals surface area contributed by atoms with Gasteiger partial charge in [-0.2, -0.15) is 10.1 Å². The van der Waals surface area contributed by atoms with Crippen LogP contribution < -0.4 is 5.56 Å². The summed E-state index contributed by atoms with van der Waals surface area (Å²) in [6.07, 6.45) is 1.23. The van der Waals surface area contributed by atoms with Crippen molar-refractivity contribution >= 4 is 46.2 Å². The summed E-state index contributed by atoms with van der Waals surface area (Å²) >= 11 is 13.5. The molecule has 0 amide bonds. The first-order valence-corrected chi connectivity index (χ1v) is 9.87. The van der Waals surface area contributed by atoms with Gasteiger partial charge in [-0.3, -0.25) is 14.9 Å². The number of nitro groups is 1. The van der Waals surface area contributed by atoms with E-state index in [1.807, 2.05) is 0 Å². The van der Waals surface area contributed by atoms with Crippen LogP contribution in [0.2, 0.25) is 10.0 Å². The largest absolute Gasteiger partial charge is 0.286 e. The maximum atomic E-state index is 13.4. The smallest absolute Gasteiger partial charge is 0.267 e. The molecule has 0 saturated carbocycles. The van der Waals surface area contributed by atoms with Crippen LogP contribution in [0.5, 0.6) is 0 Å². The van der Waals surface area contributed by atoms with E-state index in [1.165, 1.54) is 16.9 Å². The van der Waals surface area contributed by atoms with E-state index in [1.54, 1.807) is 30.3 Å². The third-order valence-corrected chi connectivity index (χ3v) is 5.76. The van der Waals surface area contributed by atoms with Crippen molar-refractivity contribution in [2.24, 2.45) is 0 Å². The number of nitro benzene ring substituents is 1. The monoisotopic (exact) mass is 462 g/mol. The highest BCUT2D eigenvalue weighted by atomic mass is 35.5. The molecule has 0 fully saturated rings. The zero-order chi connectivity index (χ0) is 21.4. The van der Waals surface area contributed by atoms with Gasteiger partial charge in [-0.15, -0.1) is 0 Å². The zero-order valence-corrected chi connectivity index (χ0v) is 17.1. The van der Waals surface area contributed by atoms with Gasteiger partial charge in [-0.1, -0.05) is 41.0 Å². The Morgan fingerprint density at radius 3 is 2.50 bits per heavy atom. The summed E-state index contributed by atoms with van der Waals surface area (Å²) in [6, 6.07) is 11.4. The van der Waals surface area contributed by atoms with Gasteiger partial charge in [0.05, 0.1) is 37.0 Å². The molecule has 7 nitrogen and oxygen atoms in total. The maximum absolute atomic E-state index is 13.4. The number of benzene rings is 2. The second-order valence-electron chi connectivity index (χ2n) is 5.99. The first-order valence-electron chi connectivity index (χ1n) is 8.30. The molecule has 0 radical (unpaired) electrons. The van der Waals surface area contributed by atoms with Crippen LogP contribution in [0.1, 0.15) is 0 Å². The SMILES string of the molecule is O=c1ncn2nc(Sc3ccc(F)cc3[N+](=O)[O-])ccc2c1-c1c(Cl)cccc1Cl. The molecule has 0 atom stereocenters. The summed E-state index contributed by atoms with van der Waals surface area (Å²) in [5.41, 5.74) is 0.0329. The molecule has 0 aliphatic rings. The third kappa shape index (κ3) is 3.74. The van der Waals surface area contributed by atoms with Gasteiger partial charge >= 0.3 is 0 Å². The number of rotatable bonds is 4. The van der Waals surface area contributed by atoms with Crippen molar-refractivity contribution in [2.75, 3.05) is 0 Å². The van der Waals surface area contributed by atoms with Crippen LogP contribution in [0, 0.1) is 15.9 Å². The van der Waals surface area contributed by atoms with Crippen molar-refractivity contribution < 1.29 is 9.31 Å². The highest BCUT2D eigenvalue weighted by Gasteiger charge is 2.19. The van der Waals surface area contributed by atoms with Gasteiger partial charge in [0.15, 0.2) is 0 Å². The van der Waals surface area contributed by atoms with E-state index in [-0.39, 0.29) is 26.2 Å². The molecule has 150 valence electrons. The van der Waals surface area contributed by atoms with Crippen LogP contribution in [-0.4, -0.2) is 19.5 Å². The maximum Gasteiger partial charge on any atom is 0.286 e. The van der Waals surface area contributed by atoms with Crippen molar-refractivity contribution in [3.05, 3.63) is 91.2 Å². The van der Waals surface area contributed by atoms with Gasteiger partial charge in [0.1, 0.15) is 17.2 Å². The zero-order valence-electron chi connectivity index (χ0n) is 14.8. The lowest BCUT2D eigenvalue weighted by Crippen LogP contribution is -2.14. The highest BCUT2D eigenvalue weighted by Crippen LogP contribution is 2.36. The molecule has 0 spiro atoms. The Morgan fingerprint density at radius 2 is 1.80 bits per heavy atom. The minimum atomic E-state index is -0.708. The topological polar surface area (TPSA) is 90.4 Å². The molecule has 4 aromatic rings. The molecule has 4 rings (SSSR count). The lowest BCUT2D eigenvalue weighted by molar-refractivity contribution is -0.387. The standard InChI is InChI=1S/C19H9Cl2FN4O3S/c20-11-2-1-3-12(21)17(11)18-13-5-7-16(24-25(13)9-23-19(18)27)30-15-6-4-10(22)8-14(15)26(28)29/h1-9H. The Bertz CT molecular complexity index is 1360. The van der Waals surface area contributed by atoms with Gasteiger partial charge in [-0.25, -0.2) is 8.91 Å². The average molecular weight is 463 g/mol. The van der Waals surface area contributed by atoms with E-state index < -0.39 is 16.3 Å². The fraction of sp³-hybridized carbons (Fsp3) is 0. The predicted molar refractivity (Wildman–Crippen MR) is 112 cm³/mol. The molecule has 0 unspecified atom stereocenters. The number of hydrogen-bond acceptors (Lipinski definition) is 6. The number of aromatic nitrogens is 3. The van der Waals surface area contributed by atoms with Gasteiger partial charge in [0, 0.05) is 5.56 Å². The van der Waals surface area contributed by atoms with Gasteiger partial charge in [0.2, 0.25) is 0 Å². The second kappa shape index (κ2) is 8.02. The van der Waals surface area contributed by atoms with E-state index in [0.29, 0.717) is 16.1 Å². The second-order valence-corrected chi connectivity index (χ2v) is 7.87. The van der Waals surface area contributed by atoms with Crippen LogP contribution in [0.4, 0.5) is 10.1 Å². The van der Waals surface area contributed by atoms with E-state index in [9.17, 15) is 19.3 Å². The summed E-state index contributed by atoms with van der Waals surface area (Å²) < 4.78 is 14.7. The van der Waals surface area contributed by atoms with Crippen molar-refractivity contribution in [1.29, 1.82) is 0 Å². The molecular formula is C19H9Cl2FN4O3S. The fourth-order valence-corrected chi connectivity index (χ4v) is 4.30. The van der Waals surface area contributed by atoms with E-state index >= 15 is 0 Å². The number of halogens is 3. The van der Waals surface area contributed by atoms with Crippen LogP contribution in [0.25, 0.3) is 16.6 Å². The third-order valence-electron chi connectivity index (χ3n) is 4.14. The van der Waals surface area contributed by atoms with Gasteiger partial charge in [-0.05, 0) is 36.4 Å². The number of nitrogens with zero attached hydrogens (tertiary/aromatic N) is 4. The van der Waals surface area contributed by atoms with Crippen LogP contribution in [0.15, 0.2) is 69.6 Å². The molecule has 2 aromatic heterocycles. The van der Waals surface area contributed by atoms with Crippen LogP contribution in [-0.2, 0) is 0 Å². The lowest BCUT2D eigenvalue weighted by atomic mass is 10.1. The average Bonchev–Trinajstić information content (AvgIpc) is 2.70. The van der Waals surface area contributed by atoms with E-state index in [0.717, 1.165) is 23.9 Å².